The second-order valence-electron chi connectivity index (χ2n) is 8.67. The van der Waals surface area contributed by atoms with E-state index < -0.39 is 9.84 Å². The lowest BCUT2D eigenvalue weighted by atomic mass is 10.0. The molecule has 0 bridgehead atoms. The summed E-state index contributed by atoms with van der Waals surface area (Å²) in [5, 5.41) is 9.57. The zero-order valence-electron chi connectivity index (χ0n) is 20.3. The fraction of sp³-hybridized carbons (Fsp3) is 0.185. The van der Waals surface area contributed by atoms with Gasteiger partial charge in [-0.3, -0.25) is 4.98 Å². The third kappa shape index (κ3) is 6.73. The van der Waals surface area contributed by atoms with Crippen LogP contribution in [0.5, 0.6) is 11.5 Å². The van der Waals surface area contributed by atoms with Crippen LogP contribution in [0.2, 0.25) is 0 Å². The molecule has 0 saturated carbocycles. The zero-order chi connectivity index (χ0) is 25.7. The summed E-state index contributed by atoms with van der Waals surface area (Å²) in [5.41, 5.74) is 4.06. The topological polar surface area (TPSA) is 96.5 Å². The van der Waals surface area contributed by atoms with E-state index in [9.17, 15) is 8.42 Å². The van der Waals surface area contributed by atoms with E-state index in [0.29, 0.717) is 19.6 Å². The molecule has 0 spiro atoms. The number of rotatable bonds is 10. The molecule has 5 rings (SSSR count). The fourth-order valence-corrected chi connectivity index (χ4v) is 5.11. The van der Waals surface area contributed by atoms with E-state index in [4.69, 9.17) is 9.72 Å². The van der Waals surface area contributed by atoms with Crippen LogP contribution in [0.3, 0.4) is 0 Å². The summed E-state index contributed by atoms with van der Waals surface area (Å²) in [6.07, 6.45) is 8.99. The number of nitrogens with zero attached hydrogens (tertiary/aromatic N) is 3. The van der Waals surface area contributed by atoms with Crippen LogP contribution in [-0.4, -0.2) is 36.9 Å². The number of thiazole rings is 1. The van der Waals surface area contributed by atoms with Gasteiger partial charge in [0, 0.05) is 53.9 Å². The summed E-state index contributed by atoms with van der Waals surface area (Å²) in [6.45, 7) is 1.59. The third-order valence-corrected chi connectivity index (χ3v) is 7.51. The van der Waals surface area contributed by atoms with E-state index >= 15 is 0 Å². The monoisotopic (exact) mass is 533 g/mol. The van der Waals surface area contributed by atoms with E-state index in [-0.39, 0.29) is 5.75 Å². The Morgan fingerprint density at radius 2 is 1.84 bits per heavy atom. The maximum absolute atomic E-state index is 11.3. The maximum Gasteiger partial charge on any atom is 0.148 e. The molecule has 0 radical (unpaired) electrons. The van der Waals surface area contributed by atoms with Crippen LogP contribution >= 0.6 is 11.3 Å². The Morgan fingerprint density at radius 3 is 2.62 bits per heavy atom. The second kappa shape index (κ2) is 11.1. The van der Waals surface area contributed by atoms with Gasteiger partial charge in [0.15, 0.2) is 0 Å². The molecule has 10 heteroatoms. The molecule has 2 N–H and O–H groups in total. The van der Waals surface area contributed by atoms with E-state index in [2.05, 4.69) is 20.5 Å². The van der Waals surface area contributed by atoms with Gasteiger partial charge in [-0.15, -0.1) is 11.3 Å². The van der Waals surface area contributed by atoms with E-state index in [1.807, 2.05) is 84.6 Å². The van der Waals surface area contributed by atoms with Gasteiger partial charge >= 0.3 is 0 Å². The average molecular weight is 534 g/mol. The Bertz CT molecular complexity index is 1490. The van der Waals surface area contributed by atoms with Crippen molar-refractivity contribution in [3.05, 3.63) is 94.7 Å². The highest BCUT2D eigenvalue weighted by Gasteiger charge is 2.18. The largest absolute Gasteiger partial charge is 0.457 e. The number of pyridine rings is 1. The van der Waals surface area contributed by atoms with Crippen molar-refractivity contribution < 1.29 is 13.2 Å². The predicted octanol–water partition coefficient (Wildman–Crippen LogP) is 5.20. The van der Waals surface area contributed by atoms with Crippen LogP contribution in [0.25, 0.3) is 6.08 Å². The first-order valence-corrected chi connectivity index (χ1v) is 14.7. The first-order chi connectivity index (χ1) is 17.9. The molecule has 0 amide bonds. The molecule has 0 unspecified atom stereocenters. The number of hydrogen-bond acceptors (Lipinski definition) is 9. The van der Waals surface area contributed by atoms with Gasteiger partial charge < -0.3 is 20.3 Å². The average Bonchev–Trinajstić information content (AvgIpc) is 3.37. The van der Waals surface area contributed by atoms with Crippen molar-refractivity contribution in [3.63, 3.8) is 0 Å². The second-order valence-corrected chi connectivity index (χ2v) is 11.9. The van der Waals surface area contributed by atoms with Crippen LogP contribution in [0.4, 0.5) is 17.2 Å². The Morgan fingerprint density at radius 1 is 1.05 bits per heavy atom. The fourth-order valence-electron chi connectivity index (χ4n) is 3.84. The van der Waals surface area contributed by atoms with E-state index in [1.165, 1.54) is 6.26 Å². The molecule has 2 aromatic carbocycles. The highest BCUT2D eigenvalue weighted by atomic mass is 32.2. The molecule has 0 aliphatic carbocycles. The molecule has 0 atom stereocenters. The van der Waals surface area contributed by atoms with Crippen LogP contribution in [0.1, 0.15) is 16.1 Å². The minimum Gasteiger partial charge on any atom is -0.457 e. The first-order valence-electron chi connectivity index (χ1n) is 11.8. The van der Waals surface area contributed by atoms with Gasteiger partial charge in [0.05, 0.1) is 24.2 Å². The summed E-state index contributed by atoms with van der Waals surface area (Å²) in [5.74, 6) is 2.54. The Balaban J connectivity index is 1.23. The first kappa shape index (κ1) is 24.9. The number of para-hydroxylation sites is 1. The number of nitrogens with one attached hydrogen (secondary N) is 2. The van der Waals surface area contributed by atoms with Gasteiger partial charge in [-0.05, 0) is 42.5 Å². The number of benzene rings is 2. The summed E-state index contributed by atoms with van der Waals surface area (Å²) >= 11 is 1.55. The van der Waals surface area contributed by atoms with Gasteiger partial charge in [-0.1, -0.05) is 18.2 Å². The minimum atomic E-state index is -2.98. The van der Waals surface area contributed by atoms with Crippen molar-refractivity contribution >= 4 is 44.4 Å². The lowest BCUT2D eigenvalue weighted by Crippen LogP contribution is -2.22. The van der Waals surface area contributed by atoms with Gasteiger partial charge in [0.2, 0.25) is 0 Å². The zero-order valence-corrected chi connectivity index (χ0v) is 21.9. The molecule has 190 valence electrons. The highest BCUT2D eigenvalue weighted by molar-refractivity contribution is 7.90. The Kier molecular flexibility index (Phi) is 7.50. The van der Waals surface area contributed by atoms with Crippen molar-refractivity contribution in [2.24, 2.45) is 0 Å². The lowest BCUT2D eigenvalue weighted by molar-refractivity contribution is 0.483. The maximum atomic E-state index is 11.3. The van der Waals surface area contributed by atoms with Crippen LogP contribution < -0.4 is 20.3 Å². The van der Waals surface area contributed by atoms with Gasteiger partial charge in [0.25, 0.3) is 0 Å². The predicted molar refractivity (Wildman–Crippen MR) is 149 cm³/mol. The summed E-state index contributed by atoms with van der Waals surface area (Å²) in [6, 6.07) is 17.5. The molecule has 3 heterocycles. The summed E-state index contributed by atoms with van der Waals surface area (Å²) < 4.78 is 28.5. The highest BCUT2D eigenvalue weighted by Crippen LogP contribution is 2.32. The summed E-state index contributed by atoms with van der Waals surface area (Å²) in [7, 11) is -2.98. The molecule has 1 aliphatic heterocycles. The molecule has 0 saturated heterocycles. The molecule has 4 aromatic rings. The third-order valence-electron chi connectivity index (χ3n) is 5.73. The Hall–Kier alpha value is -3.73. The van der Waals surface area contributed by atoms with Crippen molar-refractivity contribution in [2.75, 3.05) is 28.8 Å². The van der Waals surface area contributed by atoms with Crippen molar-refractivity contribution in [3.8, 4) is 11.5 Å². The number of ether oxygens (including phenoxy) is 1. The van der Waals surface area contributed by atoms with Crippen molar-refractivity contribution in [1.82, 2.24) is 15.3 Å². The van der Waals surface area contributed by atoms with E-state index in [0.717, 1.165) is 44.8 Å². The van der Waals surface area contributed by atoms with Crippen molar-refractivity contribution in [2.45, 2.75) is 13.1 Å². The lowest BCUT2D eigenvalue weighted by Gasteiger charge is -2.25. The molecule has 8 nitrogen and oxygen atoms in total. The van der Waals surface area contributed by atoms with Gasteiger partial charge in [-0.2, -0.15) is 0 Å². The quantitative estimate of drug-likeness (QED) is 0.269. The molecule has 2 aromatic heterocycles. The van der Waals surface area contributed by atoms with Crippen LogP contribution in [-0.2, 0) is 22.9 Å². The smallest absolute Gasteiger partial charge is 0.148 e. The SMILES string of the molecule is CS(=O)(=O)CCNCc1nc(N2C=Cc3cncc(Nc4ccc(Oc5ccccc5)cc4)c3C2)cs1. The normalized spacial score (nSPS) is 12.8. The number of sulfone groups is 1. The number of hydrogen-bond donors (Lipinski definition) is 2. The summed E-state index contributed by atoms with van der Waals surface area (Å²) in [4.78, 5) is 11.2. The standard InChI is InChI=1S/C27H27N5O3S2/c1-37(33,34)14-12-28-17-27-31-26(19-36-27)32-13-11-20-15-29-16-25(24(20)18-32)30-21-7-9-23(10-8-21)35-22-5-3-2-4-6-22/h2-11,13,15-16,19,28,30H,12,14,17-18H2,1H3. The van der Waals surface area contributed by atoms with Gasteiger partial charge in [-0.25, -0.2) is 13.4 Å². The molecular formula is C27H27N5O3S2. The molecule has 0 fully saturated rings. The Labute approximate surface area is 220 Å². The van der Waals surface area contributed by atoms with E-state index in [1.54, 1.807) is 11.3 Å². The number of aromatic nitrogens is 2. The number of fused-ring (bicyclic) bond motifs is 1. The molecule has 1 aliphatic rings. The molecule has 37 heavy (non-hydrogen) atoms. The van der Waals surface area contributed by atoms with Crippen LogP contribution in [0.15, 0.2) is 78.6 Å². The minimum absolute atomic E-state index is 0.115. The van der Waals surface area contributed by atoms with Gasteiger partial charge in [0.1, 0.15) is 32.2 Å². The van der Waals surface area contributed by atoms with Crippen LogP contribution in [0, 0.1) is 0 Å². The van der Waals surface area contributed by atoms with Crippen molar-refractivity contribution in [1.29, 1.82) is 0 Å². The molecular weight excluding hydrogens is 506 g/mol. The number of anilines is 3.